The van der Waals surface area contributed by atoms with Crippen LogP contribution in [-0.2, 0) is 23.0 Å². The maximum Gasteiger partial charge on any atom is 1.00 e. The van der Waals surface area contributed by atoms with E-state index in [-0.39, 0.29) is 56.3 Å². The fourth-order valence-electron chi connectivity index (χ4n) is 4.98. The average Bonchev–Trinajstić information content (AvgIpc) is 2.82. The molecule has 0 aliphatic heterocycles. The number of rotatable bonds is 19. The molecular weight excluding hydrogens is 479 g/mol. The van der Waals surface area contributed by atoms with Gasteiger partial charge in [0.2, 0.25) is 0 Å². The van der Waals surface area contributed by atoms with Crippen LogP contribution in [0.15, 0.2) is 35.2 Å². The molecule has 0 fully saturated rings. The molecule has 0 atom stereocenters. The van der Waals surface area contributed by atoms with Gasteiger partial charge in [0.25, 0.3) is 0 Å². The van der Waals surface area contributed by atoms with Crippen LogP contribution in [0.3, 0.4) is 0 Å². The molecule has 0 N–H and O–H groups in total. The van der Waals surface area contributed by atoms with E-state index < -0.39 is 10.1 Å². The minimum Gasteiger partial charge on any atom is -0.744 e. The van der Waals surface area contributed by atoms with Gasteiger partial charge < -0.3 is 4.55 Å². The van der Waals surface area contributed by atoms with E-state index in [9.17, 15) is 13.0 Å². The summed E-state index contributed by atoms with van der Waals surface area (Å²) in [4.78, 5) is -0.110. The Bertz CT molecular complexity index is 940. The zero-order chi connectivity index (χ0) is 24.7. The Balaban J connectivity index is 0.00000612. The number of aryl methyl sites for hydroxylation is 2. The van der Waals surface area contributed by atoms with Crippen molar-refractivity contribution in [1.82, 2.24) is 0 Å². The largest absolute Gasteiger partial charge is 1.00 e. The van der Waals surface area contributed by atoms with Gasteiger partial charge in [0.1, 0.15) is 10.1 Å². The first-order valence-electron chi connectivity index (χ1n) is 14.0. The van der Waals surface area contributed by atoms with Crippen molar-refractivity contribution in [1.29, 1.82) is 0 Å². The van der Waals surface area contributed by atoms with Gasteiger partial charge in [0.05, 0.1) is 4.90 Å². The maximum atomic E-state index is 11.7. The summed E-state index contributed by atoms with van der Waals surface area (Å²) in [6.07, 6.45) is 22.6. The van der Waals surface area contributed by atoms with Gasteiger partial charge in [0.15, 0.2) is 0 Å². The summed E-state index contributed by atoms with van der Waals surface area (Å²) in [6.45, 7) is 4.50. The first-order valence-corrected chi connectivity index (χ1v) is 15.4. The zero-order valence-corrected chi connectivity index (χ0v) is 26.7. The van der Waals surface area contributed by atoms with Crippen molar-refractivity contribution in [3.05, 3.63) is 41.5 Å². The number of hydrogen-bond donors (Lipinski definition) is 0. The normalized spacial score (nSPS) is 11.6. The van der Waals surface area contributed by atoms with Crippen molar-refractivity contribution in [3.63, 3.8) is 0 Å². The van der Waals surface area contributed by atoms with Crippen LogP contribution in [0.1, 0.15) is 128 Å². The van der Waals surface area contributed by atoms with Crippen LogP contribution in [0, 0.1) is 0 Å². The van der Waals surface area contributed by atoms with Crippen molar-refractivity contribution in [3.8, 4) is 0 Å². The zero-order valence-electron chi connectivity index (χ0n) is 22.7. The summed E-state index contributed by atoms with van der Waals surface area (Å²) < 4.78 is 35.0. The van der Waals surface area contributed by atoms with Crippen LogP contribution in [-0.4, -0.2) is 13.0 Å². The van der Waals surface area contributed by atoms with Crippen LogP contribution in [0.5, 0.6) is 0 Å². The predicted molar refractivity (Wildman–Crippen MR) is 145 cm³/mol. The molecule has 35 heavy (non-hydrogen) atoms. The third-order valence-corrected chi connectivity index (χ3v) is 7.90. The second-order valence-corrected chi connectivity index (χ2v) is 11.4. The molecule has 2 aromatic carbocycles. The SMILES string of the molecule is CCCCCCCCCCc1ccc2ccc(S(=O)(=O)[O-])cc2c1CCCCCCCCCC.[K+]. The van der Waals surface area contributed by atoms with Crippen molar-refractivity contribution in [2.75, 3.05) is 0 Å². The topological polar surface area (TPSA) is 57.2 Å². The van der Waals surface area contributed by atoms with E-state index in [1.807, 2.05) is 0 Å². The van der Waals surface area contributed by atoms with Gasteiger partial charge in [-0.1, -0.05) is 122 Å². The summed E-state index contributed by atoms with van der Waals surface area (Å²) in [7, 11) is -4.45. The van der Waals surface area contributed by atoms with E-state index in [0.717, 1.165) is 30.0 Å². The fraction of sp³-hybridized carbons (Fsp3) is 0.667. The number of hydrogen-bond acceptors (Lipinski definition) is 3. The maximum absolute atomic E-state index is 11.7. The van der Waals surface area contributed by atoms with Gasteiger partial charge in [-0.2, -0.15) is 0 Å². The number of unbranched alkanes of at least 4 members (excludes halogenated alkanes) is 14. The summed E-state index contributed by atoms with van der Waals surface area (Å²) in [6, 6.07) is 9.18. The standard InChI is InChI=1S/C30H48O3S.K/c1-3-5-7-9-11-13-15-17-19-26-21-22-27-23-24-28(34(31,32)33)25-30(27)29(26)20-18-16-14-12-10-8-6-4-2;/h21-25H,3-20H2,1-2H3,(H,31,32,33);/q;+1/p-1. The fourth-order valence-corrected chi connectivity index (χ4v) is 5.47. The molecule has 0 aromatic heterocycles. The molecule has 5 heteroatoms. The van der Waals surface area contributed by atoms with E-state index in [2.05, 4.69) is 26.0 Å². The second-order valence-electron chi connectivity index (χ2n) is 9.99. The third kappa shape index (κ3) is 13.0. The monoisotopic (exact) mass is 526 g/mol. The molecular formula is C30H47KO3S. The summed E-state index contributed by atoms with van der Waals surface area (Å²) in [5.74, 6) is 0. The summed E-state index contributed by atoms with van der Waals surface area (Å²) in [5, 5.41) is 1.98. The molecule has 0 saturated heterocycles. The molecule has 0 radical (unpaired) electrons. The number of fused-ring (bicyclic) bond motifs is 1. The molecule has 2 rings (SSSR count). The minimum absolute atomic E-state index is 0. The van der Waals surface area contributed by atoms with Gasteiger partial charge in [-0.25, -0.2) is 8.42 Å². The van der Waals surface area contributed by atoms with Crippen molar-refractivity contribution in [2.45, 2.75) is 134 Å². The van der Waals surface area contributed by atoms with Gasteiger partial charge in [0, 0.05) is 0 Å². The molecule has 2 aromatic rings. The Morgan fingerprint density at radius 2 is 1.09 bits per heavy atom. The van der Waals surface area contributed by atoms with Gasteiger partial charge in [-0.15, -0.1) is 0 Å². The molecule has 0 aliphatic carbocycles. The van der Waals surface area contributed by atoms with Crippen LogP contribution >= 0.6 is 0 Å². The van der Waals surface area contributed by atoms with E-state index in [0.29, 0.717) is 0 Å². The summed E-state index contributed by atoms with van der Waals surface area (Å²) >= 11 is 0. The van der Waals surface area contributed by atoms with Crippen molar-refractivity contribution >= 4 is 20.9 Å². The first-order chi connectivity index (χ1) is 16.5. The smallest absolute Gasteiger partial charge is 0.744 e. The molecule has 0 spiro atoms. The van der Waals surface area contributed by atoms with E-state index in [4.69, 9.17) is 0 Å². The average molecular weight is 527 g/mol. The minimum atomic E-state index is -4.45. The Hall–Kier alpha value is 0.246. The van der Waals surface area contributed by atoms with Crippen LogP contribution < -0.4 is 51.4 Å². The van der Waals surface area contributed by atoms with Crippen molar-refractivity contribution < 1.29 is 64.4 Å². The summed E-state index contributed by atoms with van der Waals surface area (Å²) in [5.41, 5.74) is 2.60. The molecule has 192 valence electrons. The quantitative estimate of drug-likeness (QED) is 0.126. The second kappa shape index (κ2) is 19.3. The molecule has 0 amide bonds. The third-order valence-electron chi connectivity index (χ3n) is 7.07. The molecule has 0 heterocycles. The molecule has 0 bridgehead atoms. The Morgan fingerprint density at radius 1 is 0.629 bits per heavy atom. The van der Waals surface area contributed by atoms with Crippen LogP contribution in [0.25, 0.3) is 10.8 Å². The van der Waals surface area contributed by atoms with E-state index >= 15 is 0 Å². The first kappa shape index (κ1) is 33.3. The van der Waals surface area contributed by atoms with Crippen LogP contribution in [0.4, 0.5) is 0 Å². The molecule has 0 aliphatic rings. The van der Waals surface area contributed by atoms with Gasteiger partial charge in [-0.3, -0.25) is 0 Å². The predicted octanol–water partition coefficient (Wildman–Crippen LogP) is 6.11. The molecule has 0 saturated carbocycles. The Kier molecular flexibility index (Phi) is 18.4. The van der Waals surface area contributed by atoms with Gasteiger partial charge >= 0.3 is 51.4 Å². The van der Waals surface area contributed by atoms with Crippen molar-refractivity contribution in [2.24, 2.45) is 0 Å². The Labute approximate surface area is 258 Å². The van der Waals surface area contributed by atoms with Gasteiger partial charge in [-0.05, 0) is 59.7 Å². The van der Waals surface area contributed by atoms with Crippen LogP contribution in [0.2, 0.25) is 0 Å². The number of benzene rings is 2. The van der Waals surface area contributed by atoms with E-state index in [1.165, 1.54) is 114 Å². The molecule has 3 nitrogen and oxygen atoms in total. The van der Waals surface area contributed by atoms with E-state index in [1.54, 1.807) is 12.1 Å². The Morgan fingerprint density at radius 3 is 1.60 bits per heavy atom. The molecule has 0 unspecified atom stereocenters.